The van der Waals surface area contributed by atoms with Crippen LogP contribution in [0.2, 0.25) is 5.02 Å². The average molecular weight is 468 g/mol. The van der Waals surface area contributed by atoms with E-state index in [9.17, 15) is 18.0 Å². The maximum atomic E-state index is 13.2. The number of carbonyl (C=O) groups excluding carboxylic acids is 1. The first-order valence-electron chi connectivity index (χ1n) is 9.62. The van der Waals surface area contributed by atoms with Crippen LogP contribution < -0.4 is 10.7 Å². The zero-order valence-electron chi connectivity index (χ0n) is 16.9. The topological polar surface area (TPSA) is 98.1 Å². The molecule has 7 nitrogen and oxygen atoms in total. The molecule has 1 N–H and O–H groups in total. The highest BCUT2D eigenvalue weighted by atomic mass is 35.5. The summed E-state index contributed by atoms with van der Waals surface area (Å²) in [6.45, 7) is 1.49. The van der Waals surface area contributed by atoms with Crippen molar-refractivity contribution in [3.63, 3.8) is 0 Å². The molecule has 4 rings (SSSR count). The van der Waals surface area contributed by atoms with Crippen molar-refractivity contribution in [2.75, 3.05) is 5.32 Å². The molecule has 2 heterocycles. The zero-order valence-corrected chi connectivity index (χ0v) is 18.5. The number of nitrogens with one attached hydrogen (secondary N) is 1. The Labute approximate surface area is 189 Å². The third kappa shape index (κ3) is 4.28. The van der Waals surface area contributed by atoms with Crippen molar-refractivity contribution in [2.45, 2.75) is 23.3 Å². The molecule has 32 heavy (non-hydrogen) atoms. The Hall–Kier alpha value is -3.49. The molecule has 0 aliphatic rings. The van der Waals surface area contributed by atoms with E-state index in [0.29, 0.717) is 16.4 Å². The van der Waals surface area contributed by atoms with Crippen molar-refractivity contribution in [1.82, 2.24) is 9.55 Å². The fourth-order valence-electron chi connectivity index (χ4n) is 3.29. The van der Waals surface area contributed by atoms with Crippen LogP contribution in [0.5, 0.6) is 0 Å². The van der Waals surface area contributed by atoms with Gasteiger partial charge in [-0.1, -0.05) is 35.9 Å². The molecule has 162 valence electrons. The van der Waals surface area contributed by atoms with Crippen molar-refractivity contribution in [3.8, 4) is 0 Å². The van der Waals surface area contributed by atoms with Gasteiger partial charge in [0.1, 0.15) is 17.1 Å². The van der Waals surface area contributed by atoms with E-state index in [2.05, 4.69) is 10.3 Å². The summed E-state index contributed by atoms with van der Waals surface area (Å²) in [5, 5.41) is 3.29. The Balaban J connectivity index is 1.83. The molecular weight excluding hydrogens is 450 g/mol. The van der Waals surface area contributed by atoms with Crippen LogP contribution in [0, 0.1) is 6.92 Å². The zero-order chi connectivity index (χ0) is 22.9. The highest BCUT2D eigenvalue weighted by molar-refractivity contribution is 7.91. The number of halogens is 1. The fraction of sp³-hybridized carbons (Fsp3) is 0.0870. The monoisotopic (exact) mass is 467 g/mol. The van der Waals surface area contributed by atoms with Gasteiger partial charge in [-0.05, 0) is 49.4 Å². The Bertz CT molecular complexity index is 1500. The Morgan fingerprint density at radius 2 is 1.81 bits per heavy atom. The standard InChI is InChI=1S/C23H18ClN3O4S/c1-15-10-11-19-22(29)20(32(30,31)18-8-3-2-4-9-18)13-27(23(19)25-15)14-21(28)26-17-7-5-6-16(24)12-17/h2-13H,14H2,1H3,(H,26,28). The second-order valence-electron chi connectivity index (χ2n) is 7.15. The van der Waals surface area contributed by atoms with Crippen LogP contribution in [0.25, 0.3) is 11.0 Å². The van der Waals surface area contributed by atoms with Crippen molar-refractivity contribution < 1.29 is 13.2 Å². The number of rotatable bonds is 5. The molecule has 2 aromatic carbocycles. The summed E-state index contributed by atoms with van der Waals surface area (Å²) in [6.07, 6.45) is 1.18. The molecule has 0 atom stereocenters. The van der Waals surface area contributed by atoms with E-state index in [1.165, 1.54) is 29.0 Å². The van der Waals surface area contributed by atoms with Gasteiger partial charge in [-0.15, -0.1) is 0 Å². The minimum atomic E-state index is -4.10. The second kappa shape index (κ2) is 8.57. The number of aryl methyl sites for hydroxylation is 1. The minimum absolute atomic E-state index is 0.00792. The van der Waals surface area contributed by atoms with Crippen molar-refractivity contribution in [2.24, 2.45) is 0 Å². The summed E-state index contributed by atoms with van der Waals surface area (Å²) in [5.74, 6) is -0.427. The van der Waals surface area contributed by atoms with E-state index in [1.54, 1.807) is 55.5 Å². The predicted molar refractivity (Wildman–Crippen MR) is 123 cm³/mol. The number of fused-ring (bicyclic) bond motifs is 1. The molecule has 0 fully saturated rings. The molecular formula is C23H18ClN3O4S. The maximum absolute atomic E-state index is 13.2. The van der Waals surface area contributed by atoms with Gasteiger partial charge in [-0.2, -0.15) is 0 Å². The van der Waals surface area contributed by atoms with Crippen molar-refractivity contribution >= 4 is 44.1 Å². The Morgan fingerprint density at radius 1 is 1.06 bits per heavy atom. The van der Waals surface area contributed by atoms with E-state index >= 15 is 0 Å². The van der Waals surface area contributed by atoms with Gasteiger partial charge in [0.15, 0.2) is 0 Å². The number of amides is 1. The molecule has 0 aliphatic heterocycles. The van der Waals surface area contributed by atoms with E-state index in [4.69, 9.17) is 11.6 Å². The molecule has 0 unspecified atom stereocenters. The first-order chi connectivity index (χ1) is 15.3. The predicted octanol–water partition coefficient (Wildman–Crippen LogP) is 3.83. The summed E-state index contributed by atoms with van der Waals surface area (Å²) < 4.78 is 27.7. The number of benzene rings is 2. The van der Waals surface area contributed by atoms with Crippen LogP contribution in [0.4, 0.5) is 5.69 Å². The minimum Gasteiger partial charge on any atom is -0.324 e. The number of aromatic nitrogens is 2. The molecule has 0 saturated carbocycles. The van der Waals surface area contributed by atoms with Crippen molar-refractivity contribution in [3.05, 3.63) is 93.9 Å². The quantitative estimate of drug-likeness (QED) is 0.481. The normalized spacial score (nSPS) is 11.4. The molecule has 1 amide bonds. The third-order valence-electron chi connectivity index (χ3n) is 4.79. The molecule has 4 aromatic rings. The first-order valence-corrected chi connectivity index (χ1v) is 11.5. The van der Waals surface area contributed by atoms with Crippen LogP contribution in [0.15, 0.2) is 87.5 Å². The SMILES string of the molecule is Cc1ccc2c(=O)c(S(=O)(=O)c3ccccc3)cn(CC(=O)Nc3cccc(Cl)c3)c2n1. The largest absolute Gasteiger partial charge is 0.324 e. The van der Waals surface area contributed by atoms with Gasteiger partial charge in [0.25, 0.3) is 0 Å². The van der Waals surface area contributed by atoms with Gasteiger partial charge in [-0.25, -0.2) is 13.4 Å². The first kappa shape index (κ1) is 21.7. The van der Waals surface area contributed by atoms with Crippen LogP contribution in [-0.2, 0) is 21.2 Å². The van der Waals surface area contributed by atoms with Crippen molar-refractivity contribution in [1.29, 1.82) is 0 Å². The molecule has 0 radical (unpaired) electrons. The molecule has 0 spiro atoms. The number of pyridine rings is 2. The summed E-state index contributed by atoms with van der Waals surface area (Å²) in [7, 11) is -4.10. The third-order valence-corrected chi connectivity index (χ3v) is 6.79. The van der Waals surface area contributed by atoms with E-state index < -0.39 is 26.1 Å². The molecule has 9 heteroatoms. The van der Waals surface area contributed by atoms with Gasteiger partial charge in [-0.3, -0.25) is 9.59 Å². The highest BCUT2D eigenvalue weighted by Crippen LogP contribution is 2.21. The maximum Gasteiger partial charge on any atom is 0.244 e. The second-order valence-corrected chi connectivity index (χ2v) is 9.50. The Morgan fingerprint density at radius 3 is 2.53 bits per heavy atom. The van der Waals surface area contributed by atoms with Gasteiger partial charge in [0.2, 0.25) is 21.2 Å². The smallest absolute Gasteiger partial charge is 0.244 e. The number of hydrogen-bond acceptors (Lipinski definition) is 5. The number of hydrogen-bond donors (Lipinski definition) is 1. The number of anilines is 1. The van der Waals surface area contributed by atoms with E-state index in [0.717, 1.165) is 0 Å². The number of carbonyl (C=O) groups is 1. The molecule has 0 aliphatic carbocycles. The molecule has 0 saturated heterocycles. The summed E-state index contributed by atoms with van der Waals surface area (Å²) >= 11 is 5.96. The summed E-state index contributed by atoms with van der Waals surface area (Å²) in [4.78, 5) is 29.7. The molecule has 2 aromatic heterocycles. The van der Waals surface area contributed by atoms with Crippen LogP contribution in [-0.4, -0.2) is 23.9 Å². The lowest BCUT2D eigenvalue weighted by Gasteiger charge is -2.14. The fourth-order valence-corrected chi connectivity index (χ4v) is 4.87. The lowest BCUT2D eigenvalue weighted by Crippen LogP contribution is -2.24. The van der Waals surface area contributed by atoms with Gasteiger partial charge in [0, 0.05) is 22.6 Å². The van der Waals surface area contributed by atoms with Gasteiger partial charge >= 0.3 is 0 Å². The molecule has 0 bridgehead atoms. The van der Waals surface area contributed by atoms with Gasteiger partial charge in [0.05, 0.1) is 10.3 Å². The number of sulfone groups is 1. The van der Waals surface area contributed by atoms with Crippen LogP contribution >= 0.6 is 11.6 Å². The average Bonchev–Trinajstić information content (AvgIpc) is 2.76. The highest BCUT2D eigenvalue weighted by Gasteiger charge is 2.24. The summed E-state index contributed by atoms with van der Waals surface area (Å²) in [6, 6.07) is 17.5. The van der Waals surface area contributed by atoms with Gasteiger partial charge < -0.3 is 9.88 Å². The summed E-state index contributed by atoms with van der Waals surface area (Å²) in [5.41, 5.74) is 0.680. The lowest BCUT2D eigenvalue weighted by molar-refractivity contribution is -0.116. The Kier molecular flexibility index (Phi) is 5.82. The van der Waals surface area contributed by atoms with Crippen LogP contribution in [0.3, 0.4) is 0 Å². The van der Waals surface area contributed by atoms with E-state index in [1.807, 2.05) is 0 Å². The van der Waals surface area contributed by atoms with Crippen LogP contribution in [0.1, 0.15) is 5.69 Å². The van der Waals surface area contributed by atoms with E-state index in [-0.39, 0.29) is 22.5 Å². The lowest BCUT2D eigenvalue weighted by atomic mass is 10.2. The number of nitrogens with zero attached hydrogens (tertiary/aromatic N) is 2.